The monoisotopic (exact) mass is 569 g/mol. The predicted octanol–water partition coefficient (Wildman–Crippen LogP) is 4.52. The highest BCUT2D eigenvalue weighted by atomic mass is 32.2. The Hall–Kier alpha value is -4.56. The lowest BCUT2D eigenvalue weighted by Crippen LogP contribution is -2.31. The lowest BCUT2D eigenvalue weighted by Gasteiger charge is -2.25. The van der Waals surface area contributed by atoms with Gasteiger partial charge in [0.25, 0.3) is 21.6 Å². The summed E-state index contributed by atoms with van der Waals surface area (Å²) in [5, 5.41) is 22.1. The first kappa shape index (κ1) is 27.0. The first-order valence-corrected chi connectivity index (χ1v) is 13.7. The van der Waals surface area contributed by atoms with Crippen LogP contribution in [0.15, 0.2) is 71.8 Å². The summed E-state index contributed by atoms with van der Waals surface area (Å²) in [6.45, 7) is 0.496. The molecular weight excluding hydrogens is 545 g/mol. The molecule has 1 amide bonds. The molecule has 1 aliphatic rings. The van der Waals surface area contributed by atoms with Crippen LogP contribution in [0.3, 0.4) is 0 Å². The summed E-state index contributed by atoms with van der Waals surface area (Å²) in [6, 6.07) is 14.5. The van der Waals surface area contributed by atoms with Crippen LogP contribution in [-0.4, -0.2) is 49.0 Å². The van der Waals surface area contributed by atoms with Crippen molar-refractivity contribution in [3.8, 4) is 11.5 Å². The molecule has 3 aromatic carbocycles. The minimum absolute atomic E-state index is 0.0676. The molecule has 12 nitrogen and oxygen atoms in total. The van der Waals surface area contributed by atoms with Gasteiger partial charge in [0.2, 0.25) is 0 Å². The Labute approximate surface area is 227 Å². The lowest BCUT2D eigenvalue weighted by atomic mass is 9.99. The van der Waals surface area contributed by atoms with E-state index in [0.717, 1.165) is 12.1 Å². The number of H-pyrrole nitrogens is 1. The van der Waals surface area contributed by atoms with Crippen LogP contribution in [0, 0.1) is 16.0 Å². The van der Waals surface area contributed by atoms with Crippen molar-refractivity contribution in [2.75, 3.05) is 18.5 Å². The summed E-state index contributed by atoms with van der Waals surface area (Å²) in [6.07, 6.45) is 0.913. The smallest absolute Gasteiger partial charge is 0.293 e. The van der Waals surface area contributed by atoms with E-state index >= 15 is 0 Å². The number of carbonyl (C=O) groups is 1. The van der Waals surface area contributed by atoms with E-state index < -0.39 is 37.8 Å². The molecule has 0 spiro atoms. The quantitative estimate of drug-likeness (QED) is 0.194. The van der Waals surface area contributed by atoms with Crippen molar-refractivity contribution in [3.05, 3.63) is 82.5 Å². The molecule has 0 radical (unpaired) electrons. The van der Waals surface area contributed by atoms with E-state index in [9.17, 15) is 27.7 Å². The zero-order chi connectivity index (χ0) is 28.3. The lowest BCUT2D eigenvalue weighted by molar-refractivity contribution is -0.384. The average molecular weight is 570 g/mol. The average Bonchev–Trinajstić information content (AvgIpc) is 3.42. The highest BCUT2D eigenvalue weighted by Gasteiger charge is 2.27. The van der Waals surface area contributed by atoms with Crippen LogP contribution in [0.25, 0.3) is 10.9 Å². The van der Waals surface area contributed by atoms with E-state index in [-0.39, 0.29) is 42.5 Å². The number of anilines is 1. The second kappa shape index (κ2) is 11.3. The molecule has 3 N–H and O–H groups in total. The molecule has 1 aromatic heterocycles. The number of alkyl halides is 1. The first-order valence-electron chi connectivity index (χ1n) is 12.3. The van der Waals surface area contributed by atoms with Crippen LogP contribution in [0.1, 0.15) is 23.2 Å². The Morgan fingerprint density at radius 3 is 2.77 bits per heavy atom. The topological polar surface area (TPSA) is 166 Å². The molecule has 14 heteroatoms. The van der Waals surface area contributed by atoms with Crippen molar-refractivity contribution in [2.24, 2.45) is 5.92 Å². The van der Waals surface area contributed by atoms with E-state index in [0.29, 0.717) is 23.1 Å². The van der Waals surface area contributed by atoms with E-state index in [1.54, 1.807) is 36.5 Å². The molecule has 2 atom stereocenters. The van der Waals surface area contributed by atoms with Crippen molar-refractivity contribution in [1.82, 2.24) is 14.9 Å². The number of nitrogens with one attached hydrogen (secondary N) is 3. The maximum Gasteiger partial charge on any atom is 0.293 e. The number of amides is 1. The van der Waals surface area contributed by atoms with Gasteiger partial charge in [0.1, 0.15) is 17.2 Å². The molecule has 2 heterocycles. The van der Waals surface area contributed by atoms with Crippen molar-refractivity contribution in [2.45, 2.75) is 24.1 Å². The molecule has 5 rings (SSSR count). The summed E-state index contributed by atoms with van der Waals surface area (Å²) < 4.78 is 52.4. The van der Waals surface area contributed by atoms with E-state index in [2.05, 4.69) is 15.5 Å². The van der Waals surface area contributed by atoms with Crippen LogP contribution in [-0.2, 0) is 14.8 Å². The van der Waals surface area contributed by atoms with E-state index in [1.165, 1.54) is 18.2 Å². The molecule has 0 aliphatic carbocycles. The number of sulfonamides is 1. The number of benzene rings is 3. The number of halogens is 1. The van der Waals surface area contributed by atoms with Gasteiger partial charge in [-0.1, -0.05) is 18.2 Å². The highest BCUT2D eigenvalue weighted by Crippen LogP contribution is 2.32. The normalized spacial score (nSPS) is 17.3. The first-order chi connectivity index (χ1) is 19.2. The predicted molar refractivity (Wildman–Crippen MR) is 142 cm³/mol. The standard InChI is InChI=1S/C26H24FN5O7S/c27-25-12-16(10-11-38-25)14-28-21-9-8-17(13-22(21)32(34)35)40(36,37)31-26(33)18-4-1-2-6-23(18)39-24-7-3-5-20-19(24)15-29-30-20/h1-9,13,15-16,25,28H,10-12,14H2,(H,29,30)(H,31,33). The van der Waals surface area contributed by atoms with Crippen molar-refractivity contribution in [3.63, 3.8) is 0 Å². The Morgan fingerprint density at radius 1 is 1.18 bits per heavy atom. The maximum atomic E-state index is 13.5. The van der Waals surface area contributed by atoms with Crippen LogP contribution < -0.4 is 14.8 Å². The number of hydrogen-bond donors (Lipinski definition) is 3. The van der Waals surface area contributed by atoms with E-state index in [4.69, 9.17) is 9.47 Å². The summed E-state index contributed by atoms with van der Waals surface area (Å²) >= 11 is 0. The zero-order valence-corrected chi connectivity index (χ0v) is 21.7. The Morgan fingerprint density at radius 2 is 1.98 bits per heavy atom. The summed E-state index contributed by atoms with van der Waals surface area (Å²) in [7, 11) is -4.51. The van der Waals surface area contributed by atoms with Gasteiger partial charge in [0, 0.05) is 19.0 Å². The molecule has 208 valence electrons. The summed E-state index contributed by atoms with van der Waals surface area (Å²) in [5.74, 6) is -0.595. The molecule has 2 unspecified atom stereocenters. The molecule has 40 heavy (non-hydrogen) atoms. The fourth-order valence-electron chi connectivity index (χ4n) is 4.36. The number of nitro groups is 1. The molecule has 0 bridgehead atoms. The van der Waals surface area contributed by atoms with Gasteiger partial charge in [-0.3, -0.25) is 20.0 Å². The number of aromatic nitrogens is 2. The van der Waals surface area contributed by atoms with Gasteiger partial charge in [0.05, 0.1) is 39.1 Å². The Bertz CT molecular complexity index is 1680. The number of carbonyl (C=O) groups excluding carboxylic acids is 1. The van der Waals surface area contributed by atoms with Gasteiger partial charge in [-0.25, -0.2) is 17.5 Å². The number of rotatable bonds is 9. The van der Waals surface area contributed by atoms with Gasteiger partial charge in [0.15, 0.2) is 6.36 Å². The van der Waals surface area contributed by atoms with Crippen molar-refractivity contribution < 1.29 is 32.0 Å². The molecule has 1 aliphatic heterocycles. The van der Waals surface area contributed by atoms with Crippen LogP contribution >= 0.6 is 0 Å². The third-order valence-corrected chi connectivity index (χ3v) is 7.75. The number of para-hydroxylation sites is 1. The minimum atomic E-state index is -4.51. The number of ether oxygens (including phenoxy) is 2. The van der Waals surface area contributed by atoms with Crippen molar-refractivity contribution in [1.29, 1.82) is 0 Å². The molecule has 1 saturated heterocycles. The zero-order valence-electron chi connectivity index (χ0n) is 20.9. The van der Waals surface area contributed by atoms with E-state index in [1.807, 2.05) is 4.72 Å². The fourth-order valence-corrected chi connectivity index (χ4v) is 5.34. The number of nitrogens with zero attached hydrogens (tertiary/aromatic N) is 2. The van der Waals surface area contributed by atoms with Gasteiger partial charge < -0.3 is 14.8 Å². The minimum Gasteiger partial charge on any atom is -0.456 e. The Balaban J connectivity index is 1.34. The van der Waals surface area contributed by atoms with Gasteiger partial charge in [-0.15, -0.1) is 0 Å². The fraction of sp³-hybridized carbons (Fsp3) is 0.231. The second-order valence-corrected chi connectivity index (χ2v) is 10.8. The second-order valence-electron chi connectivity index (χ2n) is 9.11. The number of aromatic amines is 1. The SMILES string of the molecule is O=C(NS(=O)(=O)c1ccc(NCC2CCOC(F)C2)c([N+](=O)[O-])c1)c1ccccc1Oc1cccc2[nH]ncc12. The van der Waals surface area contributed by atoms with Crippen LogP contribution in [0.5, 0.6) is 11.5 Å². The Kier molecular flexibility index (Phi) is 7.62. The number of hydrogen-bond acceptors (Lipinski definition) is 9. The summed E-state index contributed by atoms with van der Waals surface area (Å²) in [5.41, 5.74) is 0.211. The van der Waals surface area contributed by atoms with Gasteiger partial charge in [-0.05, 0) is 48.7 Å². The van der Waals surface area contributed by atoms with Gasteiger partial charge >= 0.3 is 0 Å². The molecule has 1 fully saturated rings. The molecule has 0 saturated carbocycles. The van der Waals surface area contributed by atoms with Crippen LogP contribution in [0.2, 0.25) is 0 Å². The molecular formula is C26H24FN5O7S. The third kappa shape index (κ3) is 5.87. The summed E-state index contributed by atoms with van der Waals surface area (Å²) in [4.78, 5) is 23.6. The number of nitro benzene ring substituents is 1. The van der Waals surface area contributed by atoms with Crippen molar-refractivity contribution >= 4 is 38.2 Å². The maximum absolute atomic E-state index is 13.5. The molecule has 4 aromatic rings. The largest absolute Gasteiger partial charge is 0.456 e. The number of fused-ring (bicyclic) bond motifs is 1. The van der Waals surface area contributed by atoms with Gasteiger partial charge in [-0.2, -0.15) is 5.10 Å². The third-order valence-electron chi connectivity index (χ3n) is 6.42. The highest BCUT2D eigenvalue weighted by molar-refractivity contribution is 7.90. The van der Waals surface area contributed by atoms with Crippen LogP contribution in [0.4, 0.5) is 15.8 Å².